The molecule has 0 spiro atoms. The van der Waals surface area contributed by atoms with E-state index in [1.807, 2.05) is 29.8 Å². The Kier molecular flexibility index (Phi) is 2.60. The maximum absolute atomic E-state index is 12.3. The molecule has 1 unspecified atom stereocenters. The zero-order valence-electron chi connectivity index (χ0n) is 9.61. The van der Waals surface area contributed by atoms with Gasteiger partial charge in [0.1, 0.15) is 0 Å². The lowest BCUT2D eigenvalue weighted by Gasteiger charge is -2.10. The largest absolute Gasteiger partial charge is 0.329 e. The number of halogens is 1. The molecule has 17 heavy (non-hydrogen) atoms. The molecule has 5 heteroatoms. The lowest BCUT2D eigenvalue weighted by Crippen LogP contribution is -2.27. The van der Waals surface area contributed by atoms with Crippen molar-refractivity contribution in [3.05, 3.63) is 33.2 Å². The molecule has 0 radical (unpaired) electrons. The average Bonchev–Trinajstić information content (AvgIpc) is 2.88. The van der Waals surface area contributed by atoms with Crippen molar-refractivity contribution in [1.29, 1.82) is 0 Å². The molecule has 1 N–H and O–H groups in total. The van der Waals surface area contributed by atoms with E-state index in [1.54, 1.807) is 4.57 Å². The van der Waals surface area contributed by atoms with Crippen LogP contribution >= 0.6 is 15.9 Å². The smallest absolute Gasteiger partial charge is 0.315 e. The molecule has 2 aromatic rings. The van der Waals surface area contributed by atoms with E-state index in [2.05, 4.69) is 21.2 Å². The molecule has 1 fully saturated rings. The van der Waals surface area contributed by atoms with Crippen LogP contribution in [0.25, 0.3) is 11.0 Å². The Bertz CT molecular complexity index is 622. The molecule has 0 bridgehead atoms. The normalized spacial score (nSPS) is 20.2. The standard InChI is InChI=1S/C12H14BrN3O/c1-15-10-3-2-8(13)6-11(10)16(12(15)17)9-4-5-14-7-9/h2-3,6,9,14H,4-5,7H2,1H3. The first-order valence-electron chi connectivity index (χ1n) is 5.75. The highest BCUT2D eigenvalue weighted by atomic mass is 79.9. The second kappa shape index (κ2) is 3.99. The Hall–Kier alpha value is -1.07. The number of nitrogens with zero attached hydrogens (tertiary/aromatic N) is 2. The molecule has 4 nitrogen and oxygen atoms in total. The van der Waals surface area contributed by atoms with Crippen LogP contribution in [0, 0.1) is 0 Å². The first-order valence-corrected chi connectivity index (χ1v) is 6.55. The van der Waals surface area contributed by atoms with Crippen molar-refractivity contribution in [2.45, 2.75) is 12.5 Å². The third kappa shape index (κ3) is 1.65. The summed E-state index contributed by atoms with van der Waals surface area (Å²) in [5.41, 5.74) is 2.08. The Morgan fingerprint density at radius 2 is 2.24 bits per heavy atom. The highest BCUT2D eigenvalue weighted by molar-refractivity contribution is 9.10. The molecule has 2 heterocycles. The van der Waals surface area contributed by atoms with Crippen LogP contribution in [0.2, 0.25) is 0 Å². The van der Waals surface area contributed by atoms with E-state index >= 15 is 0 Å². The van der Waals surface area contributed by atoms with Crippen molar-refractivity contribution in [3.8, 4) is 0 Å². The fourth-order valence-electron chi connectivity index (χ4n) is 2.55. The van der Waals surface area contributed by atoms with Crippen molar-refractivity contribution >= 4 is 27.0 Å². The van der Waals surface area contributed by atoms with Crippen LogP contribution in [0.4, 0.5) is 0 Å². The predicted molar refractivity (Wildman–Crippen MR) is 71.4 cm³/mol. The molecule has 1 atom stereocenters. The Morgan fingerprint density at radius 3 is 2.94 bits per heavy atom. The van der Waals surface area contributed by atoms with Gasteiger partial charge in [-0.2, -0.15) is 0 Å². The number of imidazole rings is 1. The Labute approximate surface area is 107 Å². The highest BCUT2D eigenvalue weighted by Crippen LogP contribution is 2.23. The molecule has 90 valence electrons. The fraction of sp³-hybridized carbons (Fsp3) is 0.417. The predicted octanol–water partition coefficient (Wildman–Crippen LogP) is 1.64. The third-order valence-corrected chi connectivity index (χ3v) is 3.94. The van der Waals surface area contributed by atoms with Crippen LogP contribution < -0.4 is 11.0 Å². The van der Waals surface area contributed by atoms with Crippen LogP contribution in [0.15, 0.2) is 27.5 Å². The van der Waals surface area contributed by atoms with E-state index in [0.29, 0.717) is 0 Å². The molecule has 1 aromatic carbocycles. The van der Waals surface area contributed by atoms with Gasteiger partial charge in [0.05, 0.1) is 17.1 Å². The summed E-state index contributed by atoms with van der Waals surface area (Å²) >= 11 is 3.47. The molecular formula is C12H14BrN3O. The summed E-state index contributed by atoms with van der Waals surface area (Å²) in [5.74, 6) is 0. The summed E-state index contributed by atoms with van der Waals surface area (Å²) in [6.07, 6.45) is 1.02. The topological polar surface area (TPSA) is 39.0 Å². The molecule has 1 aliphatic rings. The quantitative estimate of drug-likeness (QED) is 0.869. The zero-order valence-corrected chi connectivity index (χ0v) is 11.2. The molecular weight excluding hydrogens is 282 g/mol. The zero-order chi connectivity index (χ0) is 12.0. The minimum atomic E-state index is 0.0757. The maximum atomic E-state index is 12.3. The van der Waals surface area contributed by atoms with Crippen molar-refractivity contribution in [2.24, 2.45) is 7.05 Å². The van der Waals surface area contributed by atoms with Crippen LogP contribution in [-0.4, -0.2) is 22.2 Å². The molecule has 1 aromatic heterocycles. The van der Waals surface area contributed by atoms with Gasteiger partial charge >= 0.3 is 5.69 Å². The number of hydrogen-bond acceptors (Lipinski definition) is 2. The van der Waals surface area contributed by atoms with Gasteiger partial charge in [-0.25, -0.2) is 4.79 Å². The summed E-state index contributed by atoms with van der Waals surface area (Å²) in [6.45, 7) is 1.87. The van der Waals surface area contributed by atoms with E-state index < -0.39 is 0 Å². The summed E-state index contributed by atoms with van der Waals surface area (Å²) in [6, 6.07) is 6.26. The maximum Gasteiger partial charge on any atom is 0.329 e. The molecule has 0 amide bonds. The van der Waals surface area contributed by atoms with E-state index in [1.165, 1.54) is 0 Å². The van der Waals surface area contributed by atoms with Gasteiger partial charge < -0.3 is 5.32 Å². The summed E-state index contributed by atoms with van der Waals surface area (Å²) in [5, 5.41) is 3.31. The van der Waals surface area contributed by atoms with E-state index in [9.17, 15) is 4.79 Å². The molecule has 0 saturated carbocycles. The van der Waals surface area contributed by atoms with Gasteiger partial charge in [0.15, 0.2) is 0 Å². The van der Waals surface area contributed by atoms with Crippen molar-refractivity contribution in [3.63, 3.8) is 0 Å². The first-order chi connectivity index (χ1) is 8.18. The monoisotopic (exact) mass is 295 g/mol. The summed E-state index contributed by atoms with van der Waals surface area (Å²) in [4.78, 5) is 12.3. The number of rotatable bonds is 1. The van der Waals surface area contributed by atoms with Gasteiger partial charge in [0.25, 0.3) is 0 Å². The van der Waals surface area contributed by atoms with Gasteiger partial charge in [0, 0.05) is 18.1 Å². The average molecular weight is 296 g/mol. The minimum Gasteiger partial charge on any atom is -0.315 e. The molecule has 0 aliphatic carbocycles. The van der Waals surface area contributed by atoms with Gasteiger partial charge in [-0.1, -0.05) is 15.9 Å². The molecule has 1 aliphatic heterocycles. The van der Waals surface area contributed by atoms with Crippen molar-refractivity contribution < 1.29 is 0 Å². The number of aromatic nitrogens is 2. The van der Waals surface area contributed by atoms with Crippen LogP contribution in [-0.2, 0) is 7.05 Å². The van der Waals surface area contributed by atoms with Gasteiger partial charge in [-0.3, -0.25) is 9.13 Å². The van der Waals surface area contributed by atoms with E-state index in [0.717, 1.165) is 35.0 Å². The van der Waals surface area contributed by atoms with Crippen molar-refractivity contribution in [1.82, 2.24) is 14.5 Å². The summed E-state index contributed by atoms with van der Waals surface area (Å²) < 4.78 is 4.65. The number of hydrogen-bond donors (Lipinski definition) is 1. The summed E-state index contributed by atoms with van der Waals surface area (Å²) in [7, 11) is 1.83. The van der Waals surface area contributed by atoms with Crippen LogP contribution in [0.3, 0.4) is 0 Å². The third-order valence-electron chi connectivity index (χ3n) is 3.45. The van der Waals surface area contributed by atoms with Gasteiger partial charge in [0.2, 0.25) is 0 Å². The lowest BCUT2D eigenvalue weighted by atomic mass is 10.2. The number of fused-ring (bicyclic) bond motifs is 1. The Morgan fingerprint density at radius 1 is 1.41 bits per heavy atom. The SMILES string of the molecule is Cn1c(=O)n(C2CCNC2)c2cc(Br)ccc21. The fourth-order valence-corrected chi connectivity index (χ4v) is 2.90. The van der Waals surface area contributed by atoms with Crippen LogP contribution in [0.1, 0.15) is 12.5 Å². The molecule has 1 saturated heterocycles. The van der Waals surface area contributed by atoms with E-state index in [-0.39, 0.29) is 11.7 Å². The van der Waals surface area contributed by atoms with Gasteiger partial charge in [-0.05, 0) is 31.2 Å². The number of nitrogens with one attached hydrogen (secondary N) is 1. The highest BCUT2D eigenvalue weighted by Gasteiger charge is 2.22. The first kappa shape index (κ1) is 11.0. The van der Waals surface area contributed by atoms with Crippen LogP contribution in [0.5, 0.6) is 0 Å². The molecule has 3 rings (SSSR count). The van der Waals surface area contributed by atoms with E-state index in [4.69, 9.17) is 0 Å². The number of aryl methyl sites for hydroxylation is 1. The van der Waals surface area contributed by atoms with Crippen molar-refractivity contribution in [2.75, 3.05) is 13.1 Å². The number of benzene rings is 1. The Balaban J connectivity index is 2.31. The minimum absolute atomic E-state index is 0.0757. The lowest BCUT2D eigenvalue weighted by molar-refractivity contribution is 0.535. The second-order valence-electron chi connectivity index (χ2n) is 4.49. The second-order valence-corrected chi connectivity index (χ2v) is 5.41. The van der Waals surface area contributed by atoms with Gasteiger partial charge in [-0.15, -0.1) is 0 Å².